The summed E-state index contributed by atoms with van der Waals surface area (Å²) >= 11 is 2.47. The maximum atomic E-state index is 8.65. The van der Waals surface area contributed by atoms with Gasteiger partial charge in [0.05, 0.1) is 0 Å². The first kappa shape index (κ1) is 11.0. The second kappa shape index (κ2) is 6.38. The van der Waals surface area contributed by atoms with Crippen molar-refractivity contribution in [3.8, 4) is 0 Å². The van der Waals surface area contributed by atoms with Crippen molar-refractivity contribution in [2.45, 2.75) is 23.2 Å². The van der Waals surface area contributed by atoms with Crippen molar-refractivity contribution < 1.29 is 5.11 Å². The van der Waals surface area contributed by atoms with E-state index in [1.54, 1.807) is 0 Å². The van der Waals surface area contributed by atoms with Crippen LogP contribution in [0.15, 0.2) is 30.3 Å². The molecule has 0 bridgehead atoms. The predicted octanol–water partition coefficient (Wildman–Crippen LogP) is 3.33. The molecule has 1 unspecified atom stereocenters. The van der Waals surface area contributed by atoms with Crippen molar-refractivity contribution in [2.75, 3.05) is 6.61 Å². The minimum Gasteiger partial charge on any atom is -0.396 e. The van der Waals surface area contributed by atoms with Crippen molar-refractivity contribution in [2.24, 2.45) is 0 Å². The van der Waals surface area contributed by atoms with Crippen LogP contribution in [0.1, 0.15) is 28.8 Å². The molecule has 2 heteroatoms. The Kier molecular flexibility index (Phi) is 5.39. The molecule has 0 aliphatic carbocycles. The van der Waals surface area contributed by atoms with Crippen LogP contribution in [-0.4, -0.2) is 11.7 Å². The summed E-state index contributed by atoms with van der Waals surface area (Å²) in [6, 6.07) is 10.5. The summed E-state index contributed by atoms with van der Waals surface area (Å²) in [4.78, 5) is 0. The summed E-state index contributed by atoms with van der Waals surface area (Å²) in [5, 5.41) is 8.65. The van der Waals surface area contributed by atoms with Gasteiger partial charge in [0.1, 0.15) is 0 Å². The number of halogens is 1. The average molecular weight is 290 g/mol. The summed E-state index contributed by atoms with van der Waals surface area (Å²) in [6.45, 7) is 0.318. The summed E-state index contributed by atoms with van der Waals surface area (Å²) in [5.41, 5.74) is 1.39. The molecule has 1 nitrogen and oxygen atoms in total. The molecule has 1 aromatic carbocycles. The molecule has 13 heavy (non-hydrogen) atoms. The van der Waals surface area contributed by atoms with Crippen LogP contribution in [-0.2, 0) is 0 Å². The Morgan fingerprint density at radius 2 is 1.85 bits per heavy atom. The number of alkyl halides is 1. The van der Waals surface area contributed by atoms with Gasteiger partial charge in [-0.1, -0.05) is 52.9 Å². The molecule has 0 fully saturated rings. The Labute approximate surface area is 93.3 Å². The quantitative estimate of drug-likeness (QED) is 0.501. The third-order valence-electron chi connectivity index (χ3n) is 2.03. The van der Waals surface area contributed by atoms with Gasteiger partial charge in [0.2, 0.25) is 0 Å². The number of unbranched alkanes of at least 4 members (excludes halogenated alkanes) is 1. The lowest BCUT2D eigenvalue weighted by atomic mass is 10.1. The van der Waals surface area contributed by atoms with Gasteiger partial charge in [0.25, 0.3) is 0 Å². The maximum Gasteiger partial charge on any atom is 0.0431 e. The number of hydrogen-bond donors (Lipinski definition) is 1. The van der Waals surface area contributed by atoms with Crippen LogP contribution in [0.4, 0.5) is 0 Å². The van der Waals surface area contributed by atoms with Crippen LogP contribution in [0.5, 0.6) is 0 Å². The Bertz CT molecular complexity index is 223. The highest BCUT2D eigenvalue weighted by atomic mass is 127. The molecule has 0 saturated carbocycles. The van der Waals surface area contributed by atoms with Crippen LogP contribution in [0.2, 0.25) is 0 Å². The second-order valence-electron chi connectivity index (χ2n) is 3.10. The van der Waals surface area contributed by atoms with Crippen molar-refractivity contribution in [1.29, 1.82) is 0 Å². The van der Waals surface area contributed by atoms with E-state index in [4.69, 9.17) is 5.11 Å². The Morgan fingerprint density at radius 3 is 2.46 bits per heavy atom. The molecule has 1 rings (SSSR count). The van der Waals surface area contributed by atoms with Gasteiger partial charge >= 0.3 is 0 Å². The van der Waals surface area contributed by atoms with Crippen LogP contribution in [0, 0.1) is 0 Å². The van der Waals surface area contributed by atoms with Crippen molar-refractivity contribution in [3.05, 3.63) is 35.9 Å². The van der Waals surface area contributed by atoms with Crippen LogP contribution in [0.25, 0.3) is 0 Å². The topological polar surface area (TPSA) is 20.2 Å². The van der Waals surface area contributed by atoms with E-state index < -0.39 is 0 Å². The Balaban J connectivity index is 2.35. The Morgan fingerprint density at radius 1 is 1.15 bits per heavy atom. The number of rotatable bonds is 5. The molecule has 0 aliphatic rings. The van der Waals surface area contributed by atoms with Gasteiger partial charge in [-0.25, -0.2) is 0 Å². The highest BCUT2D eigenvalue weighted by Gasteiger charge is 2.04. The molecule has 0 saturated heterocycles. The second-order valence-corrected chi connectivity index (χ2v) is 4.60. The van der Waals surface area contributed by atoms with Gasteiger partial charge in [-0.05, 0) is 24.8 Å². The van der Waals surface area contributed by atoms with E-state index in [0.717, 1.165) is 19.3 Å². The van der Waals surface area contributed by atoms with Gasteiger partial charge in [-0.2, -0.15) is 0 Å². The minimum absolute atomic E-state index is 0.318. The standard InChI is InChI=1S/C11H15IO/c12-11(8-4-5-9-13)10-6-2-1-3-7-10/h1-3,6-7,11,13H,4-5,8-9H2. The molecule has 1 aromatic rings. The number of benzene rings is 1. The summed E-state index contributed by atoms with van der Waals surface area (Å²) in [6.07, 6.45) is 3.19. The van der Waals surface area contributed by atoms with Crippen LogP contribution in [0.3, 0.4) is 0 Å². The van der Waals surface area contributed by atoms with Crippen molar-refractivity contribution in [3.63, 3.8) is 0 Å². The van der Waals surface area contributed by atoms with E-state index in [1.807, 2.05) is 6.07 Å². The SMILES string of the molecule is OCCCCC(I)c1ccccc1. The van der Waals surface area contributed by atoms with Crippen molar-refractivity contribution in [1.82, 2.24) is 0 Å². The lowest BCUT2D eigenvalue weighted by Crippen LogP contribution is -1.91. The zero-order chi connectivity index (χ0) is 9.52. The highest BCUT2D eigenvalue weighted by molar-refractivity contribution is 14.1. The van der Waals surface area contributed by atoms with Gasteiger partial charge in [-0.15, -0.1) is 0 Å². The maximum absolute atomic E-state index is 8.65. The third kappa shape index (κ3) is 4.09. The zero-order valence-corrected chi connectivity index (χ0v) is 9.78. The summed E-state index contributed by atoms with van der Waals surface area (Å²) in [7, 11) is 0. The highest BCUT2D eigenvalue weighted by Crippen LogP contribution is 2.28. The van der Waals surface area contributed by atoms with E-state index in [-0.39, 0.29) is 0 Å². The molecule has 1 atom stereocenters. The smallest absolute Gasteiger partial charge is 0.0431 e. The monoisotopic (exact) mass is 290 g/mol. The first-order valence-electron chi connectivity index (χ1n) is 4.64. The molecule has 0 spiro atoms. The average Bonchev–Trinajstić information content (AvgIpc) is 2.19. The number of aliphatic hydroxyl groups excluding tert-OH is 1. The summed E-state index contributed by atoms with van der Waals surface area (Å²) in [5.74, 6) is 0. The van der Waals surface area contributed by atoms with Crippen LogP contribution >= 0.6 is 22.6 Å². The number of aliphatic hydroxyl groups is 1. The van der Waals surface area contributed by atoms with E-state index in [0.29, 0.717) is 10.5 Å². The first-order valence-corrected chi connectivity index (χ1v) is 5.89. The molecule has 1 N–H and O–H groups in total. The predicted molar refractivity (Wildman–Crippen MR) is 64.1 cm³/mol. The lowest BCUT2D eigenvalue weighted by molar-refractivity contribution is 0.283. The molecule has 0 aliphatic heterocycles. The molecule has 0 radical (unpaired) electrons. The number of hydrogen-bond acceptors (Lipinski definition) is 1. The van der Waals surface area contributed by atoms with E-state index in [2.05, 4.69) is 46.9 Å². The van der Waals surface area contributed by atoms with E-state index >= 15 is 0 Å². The normalized spacial score (nSPS) is 12.8. The van der Waals surface area contributed by atoms with E-state index in [1.165, 1.54) is 5.56 Å². The first-order chi connectivity index (χ1) is 6.34. The molecular formula is C11H15IO. The Hall–Kier alpha value is -0.0900. The van der Waals surface area contributed by atoms with Gasteiger partial charge < -0.3 is 5.11 Å². The fraction of sp³-hybridized carbons (Fsp3) is 0.455. The zero-order valence-electron chi connectivity index (χ0n) is 7.62. The molecule has 72 valence electrons. The lowest BCUT2D eigenvalue weighted by Gasteiger charge is -2.08. The van der Waals surface area contributed by atoms with Gasteiger partial charge in [-0.3, -0.25) is 0 Å². The fourth-order valence-electron chi connectivity index (χ4n) is 1.26. The molecular weight excluding hydrogens is 275 g/mol. The molecule has 0 aromatic heterocycles. The minimum atomic E-state index is 0.318. The largest absolute Gasteiger partial charge is 0.396 e. The molecule has 0 amide bonds. The van der Waals surface area contributed by atoms with Gasteiger partial charge in [0, 0.05) is 10.5 Å². The van der Waals surface area contributed by atoms with Crippen LogP contribution < -0.4 is 0 Å². The van der Waals surface area contributed by atoms with Crippen molar-refractivity contribution >= 4 is 22.6 Å². The van der Waals surface area contributed by atoms with E-state index in [9.17, 15) is 0 Å². The third-order valence-corrected chi connectivity index (χ3v) is 3.37. The fourth-order valence-corrected chi connectivity index (χ4v) is 2.12. The molecule has 0 heterocycles. The summed E-state index contributed by atoms with van der Waals surface area (Å²) < 4.78 is 0.588. The van der Waals surface area contributed by atoms with Gasteiger partial charge in [0.15, 0.2) is 0 Å².